The van der Waals surface area contributed by atoms with Crippen LogP contribution in [0.15, 0.2) is 22.1 Å². The molecule has 7 nitrogen and oxygen atoms in total. The SMILES string of the molecule is CO[C@H]1CN(c2ccc3c(n2)CC[C@H](NC2N=CC(C)=NCS2)C3)C[C@@H]1N. The number of nitrogens with zero attached hydrogens (tertiary/aromatic N) is 4. The predicted octanol–water partition coefficient (Wildman–Crippen LogP) is 1.21. The third-order valence-corrected chi connectivity index (χ3v) is 6.36. The number of ether oxygens (including phenoxy) is 1. The Kier molecular flexibility index (Phi) is 5.77. The molecule has 2 aliphatic heterocycles. The maximum atomic E-state index is 6.16. The first-order valence-electron chi connectivity index (χ1n) is 9.56. The number of pyridine rings is 1. The predicted molar refractivity (Wildman–Crippen MR) is 112 cm³/mol. The number of hydrogen-bond donors (Lipinski definition) is 2. The molecule has 0 amide bonds. The van der Waals surface area contributed by atoms with Crippen molar-refractivity contribution in [2.45, 2.75) is 49.9 Å². The first-order chi connectivity index (χ1) is 13.1. The van der Waals surface area contributed by atoms with Crippen molar-refractivity contribution >= 4 is 29.5 Å². The minimum absolute atomic E-state index is 0.0478. The average Bonchev–Trinajstić information content (AvgIpc) is 2.94. The van der Waals surface area contributed by atoms with E-state index >= 15 is 0 Å². The maximum absolute atomic E-state index is 6.16. The molecule has 0 bridgehead atoms. The summed E-state index contributed by atoms with van der Waals surface area (Å²) in [5, 5.41) is 3.67. The number of hydrogen-bond acceptors (Lipinski definition) is 8. The molecule has 1 saturated heterocycles. The molecule has 1 aromatic rings. The summed E-state index contributed by atoms with van der Waals surface area (Å²) in [6.45, 7) is 3.60. The van der Waals surface area contributed by atoms with E-state index in [1.165, 1.54) is 11.3 Å². The van der Waals surface area contributed by atoms with E-state index in [2.05, 4.69) is 32.3 Å². The molecule has 3 aliphatic rings. The highest BCUT2D eigenvalue weighted by Gasteiger charge is 2.31. The van der Waals surface area contributed by atoms with Gasteiger partial charge < -0.3 is 15.4 Å². The van der Waals surface area contributed by atoms with Crippen LogP contribution in [0.25, 0.3) is 0 Å². The molecule has 3 heterocycles. The van der Waals surface area contributed by atoms with Crippen LogP contribution in [0, 0.1) is 0 Å². The fourth-order valence-electron chi connectivity index (χ4n) is 3.92. The third kappa shape index (κ3) is 4.34. The van der Waals surface area contributed by atoms with Crippen molar-refractivity contribution in [3.8, 4) is 0 Å². The van der Waals surface area contributed by atoms with Gasteiger partial charge >= 0.3 is 0 Å². The van der Waals surface area contributed by atoms with E-state index in [4.69, 9.17) is 15.5 Å². The number of methoxy groups -OCH3 is 1. The second-order valence-electron chi connectivity index (χ2n) is 7.45. The minimum Gasteiger partial charge on any atom is -0.378 e. The first kappa shape index (κ1) is 18.9. The van der Waals surface area contributed by atoms with Crippen LogP contribution in [-0.2, 0) is 17.6 Å². The molecule has 4 atom stereocenters. The first-order valence-corrected chi connectivity index (χ1v) is 10.6. The van der Waals surface area contributed by atoms with Crippen molar-refractivity contribution < 1.29 is 4.74 Å². The molecule has 1 fully saturated rings. The van der Waals surface area contributed by atoms with E-state index in [9.17, 15) is 0 Å². The fourth-order valence-corrected chi connectivity index (χ4v) is 4.77. The zero-order valence-corrected chi connectivity index (χ0v) is 16.8. The number of aliphatic imine (C=N–C) groups is 2. The molecular weight excluding hydrogens is 360 g/mol. The Bertz CT molecular complexity index is 739. The molecule has 27 heavy (non-hydrogen) atoms. The zero-order valence-electron chi connectivity index (χ0n) is 16.0. The van der Waals surface area contributed by atoms with Gasteiger partial charge in [0.1, 0.15) is 11.3 Å². The Hall–Kier alpha value is -1.48. The van der Waals surface area contributed by atoms with Crippen LogP contribution in [0.2, 0.25) is 0 Å². The van der Waals surface area contributed by atoms with Crippen molar-refractivity contribution in [1.82, 2.24) is 10.3 Å². The van der Waals surface area contributed by atoms with Gasteiger partial charge in [-0.3, -0.25) is 15.3 Å². The molecular formula is C19H28N6OS. The number of rotatable bonds is 4. The summed E-state index contributed by atoms with van der Waals surface area (Å²) in [6, 6.07) is 4.83. The summed E-state index contributed by atoms with van der Waals surface area (Å²) >= 11 is 1.74. The van der Waals surface area contributed by atoms with Gasteiger partial charge in [-0.05, 0) is 37.8 Å². The smallest absolute Gasteiger partial charge is 0.148 e. The molecule has 1 aliphatic carbocycles. The molecule has 0 radical (unpaired) electrons. The quantitative estimate of drug-likeness (QED) is 0.806. The Morgan fingerprint density at radius 2 is 2.22 bits per heavy atom. The lowest BCUT2D eigenvalue weighted by molar-refractivity contribution is 0.108. The molecule has 0 aromatic carbocycles. The number of aryl methyl sites for hydroxylation is 1. The third-order valence-electron chi connectivity index (χ3n) is 5.51. The van der Waals surface area contributed by atoms with Gasteiger partial charge in [-0.1, -0.05) is 17.8 Å². The highest BCUT2D eigenvalue weighted by atomic mass is 32.2. The van der Waals surface area contributed by atoms with Crippen LogP contribution in [0.1, 0.15) is 24.6 Å². The molecule has 3 N–H and O–H groups in total. The highest BCUT2D eigenvalue weighted by molar-refractivity contribution is 7.99. The molecule has 0 saturated carbocycles. The van der Waals surface area contributed by atoms with Gasteiger partial charge in [-0.15, -0.1) is 0 Å². The largest absolute Gasteiger partial charge is 0.378 e. The van der Waals surface area contributed by atoms with E-state index in [0.717, 1.165) is 49.8 Å². The summed E-state index contributed by atoms with van der Waals surface area (Å²) < 4.78 is 5.47. The number of nitrogens with two attached hydrogens (primary N) is 1. The maximum Gasteiger partial charge on any atom is 0.148 e. The molecule has 146 valence electrons. The van der Waals surface area contributed by atoms with Gasteiger partial charge in [-0.2, -0.15) is 0 Å². The molecule has 1 unspecified atom stereocenters. The Labute approximate surface area is 164 Å². The lowest BCUT2D eigenvalue weighted by Crippen LogP contribution is -2.39. The summed E-state index contributed by atoms with van der Waals surface area (Å²) in [6.07, 6.45) is 5.02. The molecule has 1 aromatic heterocycles. The number of fused-ring (bicyclic) bond motifs is 1. The van der Waals surface area contributed by atoms with Crippen LogP contribution in [-0.4, -0.2) is 66.7 Å². The lowest BCUT2D eigenvalue weighted by atomic mass is 9.92. The van der Waals surface area contributed by atoms with Crippen LogP contribution >= 0.6 is 11.8 Å². The van der Waals surface area contributed by atoms with Crippen molar-refractivity contribution in [2.75, 3.05) is 31.0 Å². The van der Waals surface area contributed by atoms with Gasteiger partial charge in [0.2, 0.25) is 0 Å². The second kappa shape index (κ2) is 8.26. The van der Waals surface area contributed by atoms with Gasteiger partial charge in [0, 0.05) is 38.1 Å². The van der Waals surface area contributed by atoms with Crippen LogP contribution in [0.4, 0.5) is 5.82 Å². The number of aromatic nitrogens is 1. The number of thioether (sulfide) groups is 1. The van der Waals surface area contributed by atoms with E-state index < -0.39 is 0 Å². The highest BCUT2D eigenvalue weighted by Crippen LogP contribution is 2.26. The molecule has 4 rings (SSSR count). The summed E-state index contributed by atoms with van der Waals surface area (Å²) in [7, 11) is 1.73. The molecule has 0 spiro atoms. The molecule has 8 heteroatoms. The normalized spacial score (nSPS) is 30.8. The Balaban J connectivity index is 1.39. The number of anilines is 1. The van der Waals surface area contributed by atoms with Crippen LogP contribution < -0.4 is 16.0 Å². The van der Waals surface area contributed by atoms with Crippen molar-refractivity contribution in [3.63, 3.8) is 0 Å². The van der Waals surface area contributed by atoms with E-state index in [-0.39, 0.29) is 17.6 Å². The van der Waals surface area contributed by atoms with Gasteiger partial charge in [0.15, 0.2) is 0 Å². The summed E-state index contributed by atoms with van der Waals surface area (Å²) in [5.74, 6) is 1.78. The monoisotopic (exact) mass is 388 g/mol. The number of nitrogens with one attached hydrogen (secondary N) is 1. The van der Waals surface area contributed by atoms with Crippen molar-refractivity contribution in [1.29, 1.82) is 0 Å². The van der Waals surface area contributed by atoms with Gasteiger partial charge in [0.25, 0.3) is 0 Å². The average molecular weight is 389 g/mol. The Morgan fingerprint density at radius 3 is 3.04 bits per heavy atom. The van der Waals surface area contributed by atoms with Gasteiger partial charge in [-0.25, -0.2) is 4.98 Å². The zero-order chi connectivity index (χ0) is 18.8. The van der Waals surface area contributed by atoms with E-state index in [1.54, 1.807) is 18.9 Å². The standard InChI is InChI=1S/C19H28N6OS/c1-12-8-21-19(27-11-22-12)23-14-4-5-16-13(7-14)3-6-18(24-16)25-9-15(20)17(10-25)26-2/h3,6,8,14-15,17,19,23H,4-5,7,9-11,20H2,1-2H3/t14-,15-,17-,19?/m0/s1. The second-order valence-corrected chi connectivity index (χ2v) is 8.49. The van der Waals surface area contributed by atoms with Crippen molar-refractivity contribution in [3.05, 3.63) is 23.4 Å². The Morgan fingerprint density at radius 1 is 1.33 bits per heavy atom. The summed E-state index contributed by atoms with van der Waals surface area (Å²) in [4.78, 5) is 16.2. The summed E-state index contributed by atoms with van der Waals surface area (Å²) in [5.41, 5.74) is 9.79. The van der Waals surface area contributed by atoms with E-state index in [1.807, 2.05) is 13.1 Å². The topological polar surface area (TPSA) is 88.1 Å². The van der Waals surface area contributed by atoms with E-state index in [0.29, 0.717) is 6.04 Å². The lowest BCUT2D eigenvalue weighted by Gasteiger charge is -2.28. The minimum atomic E-state index is 0.0478. The fraction of sp³-hybridized carbons (Fsp3) is 0.632. The van der Waals surface area contributed by atoms with Crippen LogP contribution in [0.5, 0.6) is 0 Å². The van der Waals surface area contributed by atoms with Crippen molar-refractivity contribution in [2.24, 2.45) is 15.7 Å². The van der Waals surface area contributed by atoms with Gasteiger partial charge in [0.05, 0.1) is 23.7 Å². The van der Waals surface area contributed by atoms with Crippen LogP contribution in [0.3, 0.4) is 0 Å².